The SMILES string of the molecule is O=C=C1CN(Cc2ccccc2Br)CCN1. The van der Waals surface area contributed by atoms with Crippen LogP contribution in [0.2, 0.25) is 0 Å². The van der Waals surface area contributed by atoms with Crippen LogP contribution in [0.1, 0.15) is 5.56 Å². The van der Waals surface area contributed by atoms with Crippen molar-refractivity contribution in [1.29, 1.82) is 0 Å². The summed E-state index contributed by atoms with van der Waals surface area (Å²) in [6.07, 6.45) is 0. The monoisotopic (exact) mass is 280 g/mol. The minimum Gasteiger partial charge on any atom is -0.377 e. The van der Waals surface area contributed by atoms with Gasteiger partial charge in [-0.25, -0.2) is 4.79 Å². The van der Waals surface area contributed by atoms with E-state index in [2.05, 4.69) is 32.2 Å². The summed E-state index contributed by atoms with van der Waals surface area (Å²) in [7, 11) is 0. The van der Waals surface area contributed by atoms with E-state index in [1.807, 2.05) is 24.1 Å². The van der Waals surface area contributed by atoms with Gasteiger partial charge in [-0.2, -0.15) is 0 Å². The van der Waals surface area contributed by atoms with Crippen LogP contribution in [0.5, 0.6) is 0 Å². The Morgan fingerprint density at radius 2 is 2.25 bits per heavy atom. The van der Waals surface area contributed by atoms with Crippen molar-refractivity contribution >= 4 is 21.9 Å². The lowest BCUT2D eigenvalue weighted by molar-refractivity contribution is 0.259. The van der Waals surface area contributed by atoms with Crippen LogP contribution in [-0.2, 0) is 11.3 Å². The predicted molar refractivity (Wildman–Crippen MR) is 66.6 cm³/mol. The first kappa shape index (κ1) is 11.4. The first-order chi connectivity index (χ1) is 7.79. The van der Waals surface area contributed by atoms with Crippen LogP contribution in [-0.4, -0.2) is 30.5 Å². The lowest BCUT2D eigenvalue weighted by Gasteiger charge is -2.28. The Bertz CT molecular complexity index is 427. The summed E-state index contributed by atoms with van der Waals surface area (Å²) in [4.78, 5) is 12.8. The second-order valence-corrected chi connectivity index (χ2v) is 4.66. The molecular weight excluding hydrogens is 268 g/mol. The van der Waals surface area contributed by atoms with E-state index in [0.29, 0.717) is 12.2 Å². The average molecular weight is 281 g/mol. The Labute approximate surface area is 103 Å². The third-order valence-corrected chi connectivity index (χ3v) is 3.40. The summed E-state index contributed by atoms with van der Waals surface area (Å²) in [5.41, 5.74) is 1.90. The molecule has 2 rings (SSSR count). The number of piperazine rings is 1. The molecule has 1 heterocycles. The summed E-state index contributed by atoms with van der Waals surface area (Å²) < 4.78 is 1.12. The Morgan fingerprint density at radius 3 is 3.00 bits per heavy atom. The molecule has 1 aromatic rings. The molecule has 0 radical (unpaired) electrons. The van der Waals surface area contributed by atoms with E-state index >= 15 is 0 Å². The van der Waals surface area contributed by atoms with Crippen LogP contribution in [0.25, 0.3) is 0 Å². The van der Waals surface area contributed by atoms with Gasteiger partial charge in [0, 0.05) is 30.7 Å². The highest BCUT2D eigenvalue weighted by molar-refractivity contribution is 9.10. The van der Waals surface area contributed by atoms with E-state index in [1.54, 1.807) is 0 Å². The largest absolute Gasteiger partial charge is 0.377 e. The van der Waals surface area contributed by atoms with Gasteiger partial charge in [0.05, 0.1) is 0 Å². The number of nitrogens with zero attached hydrogens (tertiary/aromatic N) is 1. The summed E-state index contributed by atoms with van der Waals surface area (Å²) in [6.45, 7) is 3.28. The molecule has 84 valence electrons. The normalized spacial score (nSPS) is 16.7. The lowest BCUT2D eigenvalue weighted by atomic mass is 10.2. The van der Waals surface area contributed by atoms with Gasteiger partial charge in [0.2, 0.25) is 0 Å². The molecule has 1 aliphatic heterocycles. The second-order valence-electron chi connectivity index (χ2n) is 3.81. The quantitative estimate of drug-likeness (QED) is 0.835. The Morgan fingerprint density at radius 1 is 1.44 bits per heavy atom. The summed E-state index contributed by atoms with van der Waals surface area (Å²) in [5, 5.41) is 3.04. The van der Waals surface area contributed by atoms with Crippen LogP contribution in [0.15, 0.2) is 34.4 Å². The molecule has 0 amide bonds. The van der Waals surface area contributed by atoms with Gasteiger partial charge in [0.15, 0.2) is 0 Å². The molecule has 0 spiro atoms. The van der Waals surface area contributed by atoms with Gasteiger partial charge >= 0.3 is 0 Å². The molecule has 0 aliphatic carbocycles. The van der Waals surface area contributed by atoms with Gasteiger partial charge in [-0.1, -0.05) is 34.1 Å². The fourth-order valence-corrected chi connectivity index (χ4v) is 2.20. The van der Waals surface area contributed by atoms with Crippen LogP contribution in [0, 0.1) is 0 Å². The smallest absolute Gasteiger partial charge is 0.146 e. The number of rotatable bonds is 2. The number of hydrogen-bond acceptors (Lipinski definition) is 3. The number of carbonyl (C=O) groups excluding carboxylic acids is 1. The maximum absolute atomic E-state index is 10.6. The van der Waals surface area contributed by atoms with E-state index in [4.69, 9.17) is 0 Å². The molecule has 1 aromatic carbocycles. The van der Waals surface area contributed by atoms with E-state index in [0.717, 1.165) is 24.1 Å². The molecule has 0 unspecified atom stereocenters. The highest BCUT2D eigenvalue weighted by atomic mass is 79.9. The second kappa shape index (κ2) is 5.30. The van der Waals surface area contributed by atoms with E-state index in [9.17, 15) is 4.79 Å². The molecule has 0 saturated carbocycles. The maximum Gasteiger partial charge on any atom is 0.146 e. The van der Waals surface area contributed by atoms with Gasteiger partial charge in [-0.05, 0) is 11.6 Å². The molecule has 16 heavy (non-hydrogen) atoms. The Balaban J connectivity index is 2.05. The fraction of sp³-hybridized carbons (Fsp3) is 0.333. The van der Waals surface area contributed by atoms with E-state index in [-0.39, 0.29) is 0 Å². The molecule has 1 saturated heterocycles. The molecule has 0 aromatic heterocycles. The van der Waals surface area contributed by atoms with Gasteiger partial charge in [0.1, 0.15) is 11.6 Å². The summed E-state index contributed by atoms with van der Waals surface area (Å²) >= 11 is 3.53. The molecule has 1 fully saturated rings. The third-order valence-electron chi connectivity index (χ3n) is 2.62. The third kappa shape index (κ3) is 2.73. The molecule has 1 N–H and O–H groups in total. The summed E-state index contributed by atoms with van der Waals surface area (Å²) in [5.74, 6) is 1.94. The van der Waals surface area contributed by atoms with Crippen molar-refractivity contribution < 1.29 is 4.79 Å². The van der Waals surface area contributed by atoms with Crippen molar-refractivity contribution in [3.8, 4) is 0 Å². The van der Waals surface area contributed by atoms with Crippen molar-refractivity contribution in [3.05, 3.63) is 40.0 Å². The van der Waals surface area contributed by atoms with Crippen molar-refractivity contribution in [2.45, 2.75) is 6.54 Å². The lowest BCUT2D eigenvalue weighted by Crippen LogP contribution is -2.41. The molecule has 1 aliphatic rings. The molecule has 0 atom stereocenters. The van der Waals surface area contributed by atoms with Gasteiger partial charge < -0.3 is 5.32 Å². The molecular formula is C12H13BrN2O. The highest BCUT2D eigenvalue weighted by Crippen LogP contribution is 2.18. The Hall–Kier alpha value is -1.09. The minimum atomic E-state index is 0.651. The van der Waals surface area contributed by atoms with Crippen molar-refractivity contribution in [3.63, 3.8) is 0 Å². The number of halogens is 1. The zero-order valence-electron chi connectivity index (χ0n) is 8.87. The van der Waals surface area contributed by atoms with Crippen LogP contribution < -0.4 is 5.32 Å². The number of nitrogens with one attached hydrogen (secondary N) is 1. The molecule has 0 bridgehead atoms. The van der Waals surface area contributed by atoms with Crippen LogP contribution in [0.3, 0.4) is 0 Å². The van der Waals surface area contributed by atoms with E-state index in [1.165, 1.54) is 5.56 Å². The first-order valence-electron chi connectivity index (χ1n) is 5.23. The van der Waals surface area contributed by atoms with Gasteiger partial charge in [0.25, 0.3) is 0 Å². The topological polar surface area (TPSA) is 32.3 Å². The molecule has 4 heteroatoms. The molecule has 3 nitrogen and oxygen atoms in total. The van der Waals surface area contributed by atoms with Gasteiger partial charge in [-0.3, -0.25) is 4.90 Å². The zero-order valence-corrected chi connectivity index (χ0v) is 10.5. The number of hydrogen-bond donors (Lipinski definition) is 1. The van der Waals surface area contributed by atoms with Crippen LogP contribution >= 0.6 is 15.9 Å². The predicted octanol–water partition coefficient (Wildman–Crippen LogP) is 1.57. The number of benzene rings is 1. The van der Waals surface area contributed by atoms with Gasteiger partial charge in [-0.15, -0.1) is 0 Å². The average Bonchev–Trinajstić information content (AvgIpc) is 2.32. The standard InChI is InChI=1S/C12H13BrN2O/c13-12-4-2-1-3-10(12)7-15-6-5-14-11(8-15)9-16/h1-4,14H,5-8H2. The Kier molecular flexibility index (Phi) is 3.78. The van der Waals surface area contributed by atoms with Crippen molar-refractivity contribution in [2.75, 3.05) is 19.6 Å². The first-order valence-corrected chi connectivity index (χ1v) is 6.02. The highest BCUT2D eigenvalue weighted by Gasteiger charge is 2.15. The minimum absolute atomic E-state index is 0.651. The van der Waals surface area contributed by atoms with Crippen molar-refractivity contribution in [1.82, 2.24) is 10.2 Å². The fourth-order valence-electron chi connectivity index (χ4n) is 1.79. The summed E-state index contributed by atoms with van der Waals surface area (Å²) in [6, 6.07) is 8.16. The van der Waals surface area contributed by atoms with Crippen LogP contribution in [0.4, 0.5) is 0 Å². The van der Waals surface area contributed by atoms with Crippen molar-refractivity contribution in [2.24, 2.45) is 0 Å². The van der Waals surface area contributed by atoms with E-state index < -0.39 is 0 Å². The maximum atomic E-state index is 10.6. The zero-order chi connectivity index (χ0) is 11.4.